The maximum absolute atomic E-state index is 12.0. The number of amides is 2. The second-order valence-electron chi connectivity index (χ2n) is 5.22. The minimum atomic E-state index is -3.17. The number of hydrogen-bond donors (Lipinski definition) is 1. The van der Waals surface area contributed by atoms with Crippen LogP contribution in [-0.2, 0) is 16.4 Å². The van der Waals surface area contributed by atoms with E-state index < -0.39 is 10.0 Å². The molecule has 1 aromatic rings. The van der Waals surface area contributed by atoms with E-state index in [0.717, 1.165) is 5.56 Å². The van der Waals surface area contributed by atoms with Gasteiger partial charge in [0.05, 0.1) is 6.26 Å². The molecule has 1 fully saturated rings. The molecule has 0 unspecified atom stereocenters. The van der Waals surface area contributed by atoms with Gasteiger partial charge in [0.1, 0.15) is 0 Å². The molecule has 1 heterocycles. The maximum Gasteiger partial charge on any atom is 0.317 e. The molecule has 0 spiro atoms. The van der Waals surface area contributed by atoms with Crippen LogP contribution in [0.4, 0.5) is 4.79 Å². The number of halogens is 1. The van der Waals surface area contributed by atoms with E-state index in [2.05, 4.69) is 5.32 Å². The van der Waals surface area contributed by atoms with E-state index >= 15 is 0 Å². The van der Waals surface area contributed by atoms with Crippen molar-refractivity contribution in [3.8, 4) is 0 Å². The van der Waals surface area contributed by atoms with Crippen LogP contribution in [0.1, 0.15) is 5.56 Å². The van der Waals surface area contributed by atoms with E-state index in [9.17, 15) is 13.2 Å². The highest BCUT2D eigenvalue weighted by Crippen LogP contribution is 2.14. The number of carbonyl (C=O) groups excluding carboxylic acids is 1. The zero-order valence-electron chi connectivity index (χ0n) is 12.5. The lowest BCUT2D eigenvalue weighted by atomic mass is 10.1. The van der Waals surface area contributed by atoms with Gasteiger partial charge in [-0.3, -0.25) is 0 Å². The van der Waals surface area contributed by atoms with Crippen LogP contribution in [0, 0.1) is 0 Å². The minimum absolute atomic E-state index is 0.166. The Balaban J connectivity index is 1.76. The van der Waals surface area contributed by atoms with Gasteiger partial charge in [0, 0.05) is 37.7 Å². The summed E-state index contributed by atoms with van der Waals surface area (Å²) in [6.45, 7) is 2.00. The monoisotopic (exact) mass is 345 g/mol. The highest BCUT2D eigenvalue weighted by molar-refractivity contribution is 7.88. The Morgan fingerprint density at radius 2 is 1.86 bits per heavy atom. The molecule has 0 radical (unpaired) electrons. The largest absolute Gasteiger partial charge is 0.338 e. The highest BCUT2D eigenvalue weighted by Gasteiger charge is 2.25. The van der Waals surface area contributed by atoms with E-state index in [1.54, 1.807) is 4.90 Å². The second-order valence-corrected chi connectivity index (χ2v) is 7.61. The van der Waals surface area contributed by atoms with Crippen molar-refractivity contribution >= 4 is 27.7 Å². The molecule has 0 aliphatic carbocycles. The molecule has 6 nitrogen and oxygen atoms in total. The van der Waals surface area contributed by atoms with Gasteiger partial charge in [-0.2, -0.15) is 4.31 Å². The van der Waals surface area contributed by atoms with Crippen molar-refractivity contribution in [2.24, 2.45) is 0 Å². The van der Waals surface area contributed by atoms with Crippen LogP contribution in [0.15, 0.2) is 24.3 Å². The second kappa shape index (κ2) is 7.30. The molecule has 0 saturated carbocycles. The summed E-state index contributed by atoms with van der Waals surface area (Å²) in [5.41, 5.74) is 0.992. The molecule has 8 heteroatoms. The van der Waals surface area contributed by atoms with E-state index in [-0.39, 0.29) is 6.03 Å². The van der Waals surface area contributed by atoms with E-state index in [0.29, 0.717) is 44.2 Å². The number of rotatable bonds is 4. The molecule has 0 aromatic heterocycles. The molecule has 0 bridgehead atoms. The molecule has 1 aromatic carbocycles. The van der Waals surface area contributed by atoms with Crippen molar-refractivity contribution in [2.45, 2.75) is 6.42 Å². The van der Waals surface area contributed by atoms with Gasteiger partial charge in [-0.25, -0.2) is 13.2 Å². The van der Waals surface area contributed by atoms with Crippen LogP contribution in [0.3, 0.4) is 0 Å². The van der Waals surface area contributed by atoms with Crippen LogP contribution in [0.25, 0.3) is 0 Å². The SMILES string of the molecule is CS(=O)(=O)N1CCN(C(=O)NCCc2ccccc2Cl)CC1. The van der Waals surface area contributed by atoms with Gasteiger partial charge in [0.15, 0.2) is 0 Å². The summed E-state index contributed by atoms with van der Waals surface area (Å²) in [5.74, 6) is 0. The van der Waals surface area contributed by atoms with Crippen molar-refractivity contribution in [2.75, 3.05) is 39.0 Å². The van der Waals surface area contributed by atoms with Gasteiger partial charge in [0.2, 0.25) is 10.0 Å². The Labute approximate surface area is 136 Å². The fraction of sp³-hybridized carbons (Fsp3) is 0.500. The Bertz CT molecular complexity index is 628. The summed E-state index contributed by atoms with van der Waals surface area (Å²) >= 11 is 6.06. The Hall–Kier alpha value is -1.31. The van der Waals surface area contributed by atoms with E-state index in [1.807, 2.05) is 24.3 Å². The average Bonchev–Trinajstić information content (AvgIpc) is 2.48. The molecule has 2 amide bonds. The number of piperazine rings is 1. The van der Waals surface area contributed by atoms with E-state index in [4.69, 9.17) is 11.6 Å². The Morgan fingerprint density at radius 3 is 2.45 bits per heavy atom. The molecule has 22 heavy (non-hydrogen) atoms. The normalized spacial score (nSPS) is 16.5. The molecule has 2 rings (SSSR count). The van der Waals surface area contributed by atoms with Gasteiger partial charge < -0.3 is 10.2 Å². The fourth-order valence-corrected chi connectivity index (χ4v) is 3.40. The summed E-state index contributed by atoms with van der Waals surface area (Å²) in [4.78, 5) is 13.7. The number of nitrogens with one attached hydrogen (secondary N) is 1. The standard InChI is InChI=1S/C14H20ClN3O3S/c1-22(20,21)18-10-8-17(9-11-18)14(19)16-7-6-12-4-2-3-5-13(12)15/h2-5H,6-11H2,1H3,(H,16,19). The van der Waals surface area contributed by atoms with Gasteiger partial charge in [-0.15, -0.1) is 0 Å². The molecule has 1 aliphatic heterocycles. The van der Waals surface area contributed by atoms with Gasteiger partial charge in [-0.1, -0.05) is 29.8 Å². The molecule has 1 aliphatic rings. The van der Waals surface area contributed by atoms with E-state index in [1.165, 1.54) is 10.6 Å². The van der Waals surface area contributed by atoms with Crippen LogP contribution in [0.2, 0.25) is 5.02 Å². The lowest BCUT2D eigenvalue weighted by molar-refractivity contribution is 0.172. The summed E-state index contributed by atoms with van der Waals surface area (Å²) in [5, 5.41) is 3.54. The fourth-order valence-electron chi connectivity index (χ4n) is 2.34. The average molecular weight is 346 g/mol. The zero-order valence-corrected chi connectivity index (χ0v) is 14.0. The predicted molar refractivity (Wildman–Crippen MR) is 86.5 cm³/mol. The zero-order chi connectivity index (χ0) is 16.2. The number of carbonyl (C=O) groups is 1. The van der Waals surface area contributed by atoms with Crippen LogP contribution in [0.5, 0.6) is 0 Å². The first kappa shape index (κ1) is 17.1. The molecular weight excluding hydrogens is 326 g/mol. The third-order valence-corrected chi connectivity index (χ3v) is 5.30. The first-order valence-corrected chi connectivity index (χ1v) is 9.32. The molecule has 1 N–H and O–H groups in total. The van der Waals surface area contributed by atoms with Crippen molar-refractivity contribution in [1.29, 1.82) is 0 Å². The lowest BCUT2D eigenvalue weighted by Gasteiger charge is -2.33. The van der Waals surface area contributed by atoms with Crippen molar-refractivity contribution in [3.05, 3.63) is 34.9 Å². The summed E-state index contributed by atoms with van der Waals surface area (Å²) in [6, 6.07) is 7.36. The highest BCUT2D eigenvalue weighted by atomic mass is 35.5. The minimum Gasteiger partial charge on any atom is -0.338 e. The van der Waals surface area contributed by atoms with Crippen molar-refractivity contribution in [3.63, 3.8) is 0 Å². The molecule has 1 saturated heterocycles. The topological polar surface area (TPSA) is 69.7 Å². The van der Waals surface area contributed by atoms with Crippen molar-refractivity contribution in [1.82, 2.24) is 14.5 Å². The summed E-state index contributed by atoms with van der Waals surface area (Å²) < 4.78 is 24.2. The third kappa shape index (κ3) is 4.59. The number of urea groups is 1. The van der Waals surface area contributed by atoms with Crippen molar-refractivity contribution < 1.29 is 13.2 Å². The first-order chi connectivity index (χ1) is 10.4. The Morgan fingerprint density at radius 1 is 1.23 bits per heavy atom. The smallest absolute Gasteiger partial charge is 0.317 e. The lowest BCUT2D eigenvalue weighted by Crippen LogP contribution is -2.53. The molecular formula is C14H20ClN3O3S. The number of nitrogens with zero attached hydrogens (tertiary/aromatic N) is 2. The maximum atomic E-state index is 12.0. The van der Waals surface area contributed by atoms with Crippen LogP contribution < -0.4 is 5.32 Å². The third-order valence-electron chi connectivity index (χ3n) is 3.62. The van der Waals surface area contributed by atoms with Gasteiger partial charge in [0.25, 0.3) is 0 Å². The van der Waals surface area contributed by atoms with Gasteiger partial charge >= 0.3 is 6.03 Å². The predicted octanol–water partition coefficient (Wildman–Crippen LogP) is 1.17. The van der Waals surface area contributed by atoms with Gasteiger partial charge in [-0.05, 0) is 18.1 Å². The number of benzene rings is 1. The molecule has 0 atom stereocenters. The molecule has 122 valence electrons. The summed E-state index contributed by atoms with van der Waals surface area (Å²) in [7, 11) is -3.17. The quantitative estimate of drug-likeness (QED) is 0.890. The van der Waals surface area contributed by atoms with Crippen LogP contribution in [-0.4, -0.2) is 62.6 Å². The first-order valence-electron chi connectivity index (χ1n) is 7.09. The van der Waals surface area contributed by atoms with Crippen LogP contribution >= 0.6 is 11.6 Å². The number of hydrogen-bond acceptors (Lipinski definition) is 3. The summed E-state index contributed by atoms with van der Waals surface area (Å²) in [6.07, 6.45) is 1.85. The number of sulfonamides is 1. The Kier molecular flexibility index (Phi) is 5.66.